The van der Waals surface area contributed by atoms with Crippen molar-refractivity contribution in [2.75, 3.05) is 13.2 Å². The quantitative estimate of drug-likeness (QED) is 0.444. The Morgan fingerprint density at radius 1 is 1.78 bits per heavy atom. The summed E-state index contributed by atoms with van der Waals surface area (Å²) < 4.78 is 1.71. The van der Waals surface area contributed by atoms with Crippen LogP contribution < -0.4 is 5.32 Å². The second kappa shape index (κ2) is 4.64. The Balaban J connectivity index is 3.16. The number of rotatable bonds is 3. The third-order valence-corrected chi connectivity index (χ3v) is 1.30. The summed E-state index contributed by atoms with van der Waals surface area (Å²) in [7, 11) is 0. The van der Waals surface area contributed by atoms with Crippen LogP contribution in [0.3, 0.4) is 0 Å². The zero-order valence-electron chi connectivity index (χ0n) is 5.72. The summed E-state index contributed by atoms with van der Waals surface area (Å²) in [5.74, 6) is -0.0255. The molecular formula is C5H12N2OS. The molecule has 0 aliphatic heterocycles. The van der Waals surface area contributed by atoms with Gasteiger partial charge in [0, 0.05) is 13.5 Å². The molecular weight excluding hydrogens is 136 g/mol. The largest absolute Gasteiger partial charge is 0.343 e. The van der Waals surface area contributed by atoms with Crippen molar-refractivity contribution >= 4 is 18.7 Å². The summed E-state index contributed by atoms with van der Waals surface area (Å²) in [5, 5.41) is 2.61. The third-order valence-electron chi connectivity index (χ3n) is 0.876. The minimum atomic E-state index is -0.0255. The van der Waals surface area contributed by atoms with Gasteiger partial charge in [0.25, 0.3) is 0 Å². The van der Waals surface area contributed by atoms with Crippen molar-refractivity contribution < 1.29 is 4.79 Å². The molecule has 0 aliphatic carbocycles. The van der Waals surface area contributed by atoms with E-state index in [1.165, 1.54) is 6.92 Å². The molecule has 0 bridgehead atoms. The number of thiol groups is 1. The Morgan fingerprint density at radius 3 is 2.67 bits per heavy atom. The minimum absolute atomic E-state index is 0.0255. The van der Waals surface area contributed by atoms with E-state index >= 15 is 0 Å². The Morgan fingerprint density at radius 2 is 2.33 bits per heavy atom. The molecule has 0 aromatic rings. The van der Waals surface area contributed by atoms with Gasteiger partial charge in [-0.15, -0.1) is 0 Å². The fraction of sp³-hybridized carbons (Fsp3) is 0.800. The van der Waals surface area contributed by atoms with Gasteiger partial charge in [0.05, 0.1) is 6.67 Å². The Kier molecular flexibility index (Phi) is 4.53. The van der Waals surface area contributed by atoms with Gasteiger partial charge in [0.2, 0.25) is 5.91 Å². The van der Waals surface area contributed by atoms with Crippen LogP contribution >= 0.6 is 12.8 Å². The zero-order chi connectivity index (χ0) is 7.28. The highest BCUT2D eigenvalue weighted by Gasteiger charge is 1.93. The molecule has 1 amide bonds. The molecule has 0 radical (unpaired) electrons. The van der Waals surface area contributed by atoms with Crippen molar-refractivity contribution in [2.45, 2.75) is 13.8 Å². The first-order valence-corrected chi connectivity index (χ1v) is 3.25. The number of nitrogens with one attached hydrogen (secondary N) is 1. The average molecular weight is 148 g/mol. The lowest BCUT2D eigenvalue weighted by molar-refractivity contribution is -0.119. The minimum Gasteiger partial charge on any atom is -0.343 e. The first kappa shape index (κ1) is 8.78. The molecule has 0 spiro atoms. The summed E-state index contributed by atoms with van der Waals surface area (Å²) in [6.45, 7) is 4.78. The van der Waals surface area contributed by atoms with Crippen molar-refractivity contribution in [3.8, 4) is 0 Å². The van der Waals surface area contributed by atoms with Crippen LogP contribution in [0.25, 0.3) is 0 Å². The van der Waals surface area contributed by atoms with Crippen LogP contribution in [0.4, 0.5) is 0 Å². The SMILES string of the molecule is CCN(S)CNC(C)=O. The fourth-order valence-corrected chi connectivity index (χ4v) is 0.385. The van der Waals surface area contributed by atoms with Crippen molar-refractivity contribution in [2.24, 2.45) is 0 Å². The molecule has 0 aliphatic rings. The van der Waals surface area contributed by atoms with E-state index in [0.29, 0.717) is 6.67 Å². The Labute approximate surface area is 61.0 Å². The summed E-state index contributed by atoms with van der Waals surface area (Å²) in [6.07, 6.45) is 0. The number of amides is 1. The first-order valence-electron chi connectivity index (χ1n) is 2.85. The highest BCUT2D eigenvalue weighted by Crippen LogP contribution is 1.86. The van der Waals surface area contributed by atoms with Crippen LogP contribution in [0, 0.1) is 0 Å². The average Bonchev–Trinajstić information content (AvgIpc) is 1.83. The molecule has 0 saturated carbocycles. The van der Waals surface area contributed by atoms with E-state index < -0.39 is 0 Å². The molecule has 0 heterocycles. The molecule has 0 aromatic heterocycles. The summed E-state index contributed by atoms with van der Waals surface area (Å²) in [6, 6.07) is 0. The molecule has 54 valence electrons. The first-order chi connectivity index (χ1) is 4.16. The molecule has 4 heteroatoms. The number of carbonyl (C=O) groups is 1. The molecule has 9 heavy (non-hydrogen) atoms. The summed E-state index contributed by atoms with van der Waals surface area (Å²) in [4.78, 5) is 10.3. The third kappa shape index (κ3) is 5.65. The fourth-order valence-electron chi connectivity index (χ4n) is 0.314. The van der Waals surface area contributed by atoms with E-state index in [-0.39, 0.29) is 5.91 Å². The van der Waals surface area contributed by atoms with Crippen LogP contribution in [0.15, 0.2) is 0 Å². The van der Waals surface area contributed by atoms with E-state index in [4.69, 9.17) is 0 Å². The van der Waals surface area contributed by atoms with E-state index in [2.05, 4.69) is 18.1 Å². The summed E-state index contributed by atoms with van der Waals surface area (Å²) in [5.41, 5.74) is 0. The van der Waals surface area contributed by atoms with Crippen LogP contribution in [0.5, 0.6) is 0 Å². The molecule has 1 N–H and O–H groups in total. The second-order valence-corrected chi connectivity index (χ2v) is 2.28. The lowest BCUT2D eigenvalue weighted by atomic mass is 10.7. The maximum atomic E-state index is 10.3. The van der Waals surface area contributed by atoms with Gasteiger partial charge in [-0.05, 0) is 0 Å². The van der Waals surface area contributed by atoms with Gasteiger partial charge in [0.15, 0.2) is 0 Å². The normalized spacial score (nSPS) is 9.78. The van der Waals surface area contributed by atoms with Gasteiger partial charge in [-0.3, -0.25) is 4.79 Å². The highest BCUT2D eigenvalue weighted by molar-refractivity contribution is 7.77. The smallest absolute Gasteiger partial charge is 0.217 e. The molecule has 0 saturated heterocycles. The topological polar surface area (TPSA) is 32.3 Å². The van der Waals surface area contributed by atoms with Gasteiger partial charge in [0.1, 0.15) is 0 Å². The van der Waals surface area contributed by atoms with Crippen molar-refractivity contribution in [3.63, 3.8) is 0 Å². The number of carbonyl (C=O) groups excluding carboxylic acids is 1. The van der Waals surface area contributed by atoms with Crippen molar-refractivity contribution in [1.29, 1.82) is 0 Å². The highest BCUT2D eigenvalue weighted by atomic mass is 32.1. The van der Waals surface area contributed by atoms with Gasteiger partial charge in [-0.2, -0.15) is 0 Å². The molecule has 0 rings (SSSR count). The number of hydrogen-bond donors (Lipinski definition) is 2. The van der Waals surface area contributed by atoms with Gasteiger partial charge in [-0.1, -0.05) is 19.7 Å². The van der Waals surface area contributed by atoms with Crippen LogP contribution in [-0.2, 0) is 4.79 Å². The number of hydrogen-bond acceptors (Lipinski definition) is 3. The molecule has 0 unspecified atom stereocenters. The standard InChI is InChI=1S/C5H12N2OS/c1-3-7(9)4-6-5(2)8/h9H,3-4H2,1-2H3,(H,6,8). The van der Waals surface area contributed by atoms with E-state index in [0.717, 1.165) is 6.54 Å². The summed E-state index contributed by atoms with van der Waals surface area (Å²) >= 11 is 4.02. The van der Waals surface area contributed by atoms with Crippen molar-refractivity contribution in [3.05, 3.63) is 0 Å². The van der Waals surface area contributed by atoms with Gasteiger partial charge in [-0.25, -0.2) is 4.31 Å². The monoisotopic (exact) mass is 148 g/mol. The lowest BCUT2D eigenvalue weighted by Gasteiger charge is -2.11. The molecule has 0 fully saturated rings. The maximum Gasteiger partial charge on any atom is 0.217 e. The Hall–Kier alpha value is -0.220. The van der Waals surface area contributed by atoms with E-state index in [1.54, 1.807) is 4.31 Å². The zero-order valence-corrected chi connectivity index (χ0v) is 6.61. The molecule has 3 nitrogen and oxygen atoms in total. The Bertz CT molecular complexity index is 97.0. The number of nitrogens with zero attached hydrogens (tertiary/aromatic N) is 1. The van der Waals surface area contributed by atoms with Crippen molar-refractivity contribution in [1.82, 2.24) is 9.62 Å². The predicted molar refractivity (Wildman–Crippen MR) is 40.0 cm³/mol. The maximum absolute atomic E-state index is 10.3. The van der Waals surface area contributed by atoms with Gasteiger partial charge < -0.3 is 5.32 Å². The van der Waals surface area contributed by atoms with Crippen LogP contribution in [-0.4, -0.2) is 23.4 Å². The second-order valence-electron chi connectivity index (χ2n) is 1.71. The molecule has 0 aromatic carbocycles. The van der Waals surface area contributed by atoms with E-state index in [1.807, 2.05) is 6.92 Å². The van der Waals surface area contributed by atoms with Crippen LogP contribution in [0.1, 0.15) is 13.8 Å². The lowest BCUT2D eigenvalue weighted by Crippen LogP contribution is -2.30. The van der Waals surface area contributed by atoms with Crippen LogP contribution in [0.2, 0.25) is 0 Å². The predicted octanol–water partition coefficient (Wildman–Crippen LogP) is 0.247. The van der Waals surface area contributed by atoms with E-state index in [9.17, 15) is 4.79 Å². The van der Waals surface area contributed by atoms with Gasteiger partial charge >= 0.3 is 0 Å². The molecule has 0 atom stereocenters.